The molecule has 1 N–H and O–H groups in total. The third-order valence-corrected chi connectivity index (χ3v) is 4.86. The minimum atomic E-state index is 0.759. The molecule has 0 amide bonds. The number of nitrogens with zero attached hydrogens (tertiary/aromatic N) is 2. The lowest BCUT2D eigenvalue weighted by Crippen LogP contribution is -2.08. The molecule has 2 aromatic heterocycles. The Balaban J connectivity index is 1.55. The van der Waals surface area contributed by atoms with Crippen LogP contribution in [-0.4, -0.2) is 16.5 Å². The molecule has 0 saturated carbocycles. The van der Waals surface area contributed by atoms with Gasteiger partial charge in [0, 0.05) is 23.6 Å². The molecule has 0 aliphatic rings. The van der Waals surface area contributed by atoms with E-state index in [0.717, 1.165) is 52.4 Å². The average Bonchev–Trinajstić information content (AvgIpc) is 3.03. The van der Waals surface area contributed by atoms with Gasteiger partial charge in [0.25, 0.3) is 0 Å². The number of furan rings is 1. The van der Waals surface area contributed by atoms with Gasteiger partial charge in [-0.3, -0.25) is 0 Å². The molecule has 0 fully saturated rings. The van der Waals surface area contributed by atoms with E-state index in [4.69, 9.17) is 4.42 Å². The molecule has 0 bridgehead atoms. The van der Waals surface area contributed by atoms with Crippen molar-refractivity contribution in [2.24, 2.45) is 0 Å². The fraction of sp³-hybridized carbons (Fsp3) is 0.217. The molecule has 0 unspecified atom stereocenters. The van der Waals surface area contributed by atoms with Crippen LogP contribution in [-0.2, 0) is 6.42 Å². The Morgan fingerprint density at radius 2 is 1.78 bits per heavy atom. The monoisotopic (exact) mass is 357 g/mol. The zero-order chi connectivity index (χ0) is 18.8. The van der Waals surface area contributed by atoms with Gasteiger partial charge in [-0.25, -0.2) is 9.97 Å². The number of hydrogen-bond acceptors (Lipinski definition) is 4. The van der Waals surface area contributed by atoms with E-state index < -0.39 is 0 Å². The predicted octanol–water partition coefficient (Wildman–Crippen LogP) is 5.47. The Labute approximate surface area is 159 Å². The third kappa shape index (κ3) is 3.70. The first-order chi connectivity index (χ1) is 13.1. The number of hydrogen-bond donors (Lipinski definition) is 1. The Hall–Kier alpha value is -3.14. The van der Waals surface area contributed by atoms with Crippen LogP contribution in [0, 0.1) is 20.8 Å². The molecule has 0 spiro atoms. The number of aromatic nitrogens is 2. The maximum atomic E-state index is 5.55. The van der Waals surface area contributed by atoms with Crippen LogP contribution in [0.5, 0.6) is 0 Å². The van der Waals surface area contributed by atoms with Crippen LogP contribution in [0.1, 0.15) is 22.5 Å². The van der Waals surface area contributed by atoms with Gasteiger partial charge in [0.05, 0.1) is 12.0 Å². The van der Waals surface area contributed by atoms with Gasteiger partial charge in [-0.2, -0.15) is 0 Å². The SMILES string of the molecule is Cc1nc(NCCc2ccccc2C)cc(-c2ccc3occ(C)c3c2)n1. The van der Waals surface area contributed by atoms with Gasteiger partial charge in [0.2, 0.25) is 0 Å². The highest BCUT2D eigenvalue weighted by molar-refractivity contribution is 5.85. The van der Waals surface area contributed by atoms with Crippen molar-refractivity contribution in [3.8, 4) is 11.3 Å². The van der Waals surface area contributed by atoms with Gasteiger partial charge < -0.3 is 9.73 Å². The molecule has 0 atom stereocenters. The summed E-state index contributed by atoms with van der Waals surface area (Å²) in [6.45, 7) is 6.97. The lowest BCUT2D eigenvalue weighted by atomic mass is 10.1. The van der Waals surface area contributed by atoms with E-state index in [2.05, 4.69) is 59.5 Å². The van der Waals surface area contributed by atoms with Crippen molar-refractivity contribution >= 4 is 16.8 Å². The standard InChI is InChI=1S/C23H23N3O/c1-15-6-4-5-7-18(15)10-11-24-23-13-21(25-17(3)26-23)19-8-9-22-20(12-19)16(2)14-27-22/h4-9,12-14H,10-11H2,1-3H3,(H,24,25,26). The molecule has 4 heteroatoms. The Bertz CT molecular complexity index is 1100. The van der Waals surface area contributed by atoms with Gasteiger partial charge in [-0.05, 0) is 62.1 Å². The average molecular weight is 357 g/mol. The fourth-order valence-electron chi connectivity index (χ4n) is 3.34. The first-order valence-corrected chi connectivity index (χ1v) is 9.22. The normalized spacial score (nSPS) is 11.1. The minimum absolute atomic E-state index is 0.759. The summed E-state index contributed by atoms with van der Waals surface area (Å²) in [7, 11) is 0. The predicted molar refractivity (Wildman–Crippen MR) is 110 cm³/mol. The van der Waals surface area contributed by atoms with Crippen molar-refractivity contribution in [1.29, 1.82) is 0 Å². The lowest BCUT2D eigenvalue weighted by Gasteiger charge is -2.10. The first kappa shape index (κ1) is 17.3. The summed E-state index contributed by atoms with van der Waals surface area (Å²) in [5.74, 6) is 1.62. The summed E-state index contributed by atoms with van der Waals surface area (Å²) in [5.41, 5.74) is 6.70. The lowest BCUT2D eigenvalue weighted by molar-refractivity contribution is 0.613. The Kier molecular flexibility index (Phi) is 4.63. The van der Waals surface area contributed by atoms with Crippen LogP contribution in [0.25, 0.3) is 22.2 Å². The minimum Gasteiger partial charge on any atom is -0.464 e. The highest BCUT2D eigenvalue weighted by atomic mass is 16.3. The molecular formula is C23H23N3O. The molecule has 4 nitrogen and oxygen atoms in total. The largest absolute Gasteiger partial charge is 0.464 e. The fourth-order valence-corrected chi connectivity index (χ4v) is 3.34. The zero-order valence-electron chi connectivity index (χ0n) is 15.9. The number of anilines is 1. The van der Waals surface area contributed by atoms with Crippen molar-refractivity contribution in [2.75, 3.05) is 11.9 Å². The highest BCUT2D eigenvalue weighted by Crippen LogP contribution is 2.27. The maximum absolute atomic E-state index is 5.55. The van der Waals surface area contributed by atoms with E-state index in [1.54, 1.807) is 6.26 Å². The Morgan fingerprint density at radius 1 is 0.926 bits per heavy atom. The summed E-state index contributed by atoms with van der Waals surface area (Å²) < 4.78 is 5.55. The molecule has 136 valence electrons. The summed E-state index contributed by atoms with van der Waals surface area (Å²) in [6.07, 6.45) is 2.75. The van der Waals surface area contributed by atoms with Crippen molar-refractivity contribution in [3.63, 3.8) is 0 Å². The number of aryl methyl sites for hydroxylation is 3. The number of nitrogens with one attached hydrogen (secondary N) is 1. The first-order valence-electron chi connectivity index (χ1n) is 9.22. The van der Waals surface area contributed by atoms with Gasteiger partial charge in [-0.15, -0.1) is 0 Å². The second-order valence-corrected chi connectivity index (χ2v) is 6.92. The molecule has 2 heterocycles. The highest BCUT2D eigenvalue weighted by Gasteiger charge is 2.08. The number of fused-ring (bicyclic) bond motifs is 1. The number of rotatable bonds is 5. The molecule has 0 saturated heterocycles. The quantitative estimate of drug-likeness (QED) is 0.514. The Morgan fingerprint density at radius 3 is 2.63 bits per heavy atom. The summed E-state index contributed by atoms with van der Waals surface area (Å²) in [5, 5.41) is 4.57. The van der Waals surface area contributed by atoms with Crippen LogP contribution in [0.15, 0.2) is 59.2 Å². The molecular weight excluding hydrogens is 334 g/mol. The van der Waals surface area contributed by atoms with E-state index in [-0.39, 0.29) is 0 Å². The van der Waals surface area contributed by atoms with Crippen LogP contribution < -0.4 is 5.32 Å². The van der Waals surface area contributed by atoms with Gasteiger partial charge in [0.15, 0.2) is 0 Å². The van der Waals surface area contributed by atoms with Crippen LogP contribution in [0.2, 0.25) is 0 Å². The van der Waals surface area contributed by atoms with Crippen molar-refractivity contribution < 1.29 is 4.42 Å². The zero-order valence-corrected chi connectivity index (χ0v) is 15.9. The van der Waals surface area contributed by atoms with Crippen LogP contribution in [0.3, 0.4) is 0 Å². The van der Waals surface area contributed by atoms with Crippen molar-refractivity contribution in [2.45, 2.75) is 27.2 Å². The van der Waals surface area contributed by atoms with E-state index in [1.807, 2.05) is 25.1 Å². The molecule has 4 aromatic rings. The van der Waals surface area contributed by atoms with E-state index in [0.29, 0.717) is 0 Å². The second-order valence-electron chi connectivity index (χ2n) is 6.92. The maximum Gasteiger partial charge on any atom is 0.134 e. The van der Waals surface area contributed by atoms with Crippen molar-refractivity contribution in [3.05, 3.63) is 77.3 Å². The molecule has 2 aromatic carbocycles. The van der Waals surface area contributed by atoms with Gasteiger partial charge in [0.1, 0.15) is 17.2 Å². The van der Waals surface area contributed by atoms with Gasteiger partial charge >= 0.3 is 0 Å². The third-order valence-electron chi connectivity index (χ3n) is 4.86. The van der Waals surface area contributed by atoms with E-state index in [1.165, 1.54) is 11.1 Å². The smallest absolute Gasteiger partial charge is 0.134 e. The summed E-state index contributed by atoms with van der Waals surface area (Å²) >= 11 is 0. The van der Waals surface area contributed by atoms with Crippen molar-refractivity contribution in [1.82, 2.24) is 9.97 Å². The molecule has 4 rings (SSSR count). The topological polar surface area (TPSA) is 51.0 Å². The van der Waals surface area contributed by atoms with E-state index in [9.17, 15) is 0 Å². The van der Waals surface area contributed by atoms with Gasteiger partial charge in [-0.1, -0.05) is 24.3 Å². The summed E-state index contributed by atoms with van der Waals surface area (Å²) in [6, 6.07) is 16.7. The molecule has 0 radical (unpaired) electrons. The van der Waals surface area contributed by atoms with Crippen LogP contribution >= 0.6 is 0 Å². The van der Waals surface area contributed by atoms with Crippen LogP contribution in [0.4, 0.5) is 5.82 Å². The second kappa shape index (κ2) is 7.23. The molecule has 27 heavy (non-hydrogen) atoms. The number of benzene rings is 2. The molecule has 0 aliphatic heterocycles. The summed E-state index contributed by atoms with van der Waals surface area (Å²) in [4.78, 5) is 9.17. The van der Waals surface area contributed by atoms with E-state index >= 15 is 0 Å². The molecule has 0 aliphatic carbocycles.